The van der Waals surface area contributed by atoms with E-state index in [-0.39, 0.29) is 30.6 Å². The first-order chi connectivity index (χ1) is 25.5. The van der Waals surface area contributed by atoms with E-state index in [1.165, 1.54) is 25.5 Å². The smallest absolute Gasteiger partial charge is 0.271 e. The van der Waals surface area contributed by atoms with Crippen LogP contribution in [0, 0.1) is 16.7 Å². The second-order valence-corrected chi connectivity index (χ2v) is 16.7. The van der Waals surface area contributed by atoms with Gasteiger partial charge in [-0.3, -0.25) is 14.7 Å². The van der Waals surface area contributed by atoms with Crippen LogP contribution in [-0.2, 0) is 22.6 Å². The van der Waals surface area contributed by atoms with E-state index in [9.17, 15) is 9.90 Å². The Morgan fingerprint density at radius 2 is 1.62 bits per heavy atom. The van der Waals surface area contributed by atoms with Gasteiger partial charge in [0.05, 0.1) is 36.0 Å². The van der Waals surface area contributed by atoms with Gasteiger partial charge in [0.2, 0.25) is 0 Å². The third-order valence-corrected chi connectivity index (χ3v) is 11.6. The van der Waals surface area contributed by atoms with Gasteiger partial charge in [0.25, 0.3) is 5.91 Å². The molecule has 0 spiro atoms. The van der Waals surface area contributed by atoms with Crippen LogP contribution in [0.25, 0.3) is 22.2 Å². The summed E-state index contributed by atoms with van der Waals surface area (Å²) in [5, 5.41) is 12.7. The molecule has 3 heterocycles. The van der Waals surface area contributed by atoms with Crippen molar-refractivity contribution in [3.8, 4) is 11.1 Å². The second-order valence-electron chi connectivity index (χ2n) is 16.7. The number of aliphatic hydroxyl groups is 1. The van der Waals surface area contributed by atoms with Gasteiger partial charge in [-0.25, -0.2) is 4.98 Å². The van der Waals surface area contributed by atoms with E-state index < -0.39 is 6.29 Å². The molecule has 274 valence electrons. The minimum atomic E-state index is -0.512. The summed E-state index contributed by atoms with van der Waals surface area (Å²) in [5.41, 5.74) is 8.56. The summed E-state index contributed by atoms with van der Waals surface area (Å²) in [5.74, 6) is -0.116. The Hall–Kier alpha value is -4.47. The van der Waals surface area contributed by atoms with Crippen LogP contribution in [-0.4, -0.2) is 51.1 Å². The number of para-hydroxylation sites is 2. The monoisotopic (exact) mass is 710 g/mol. The number of likely N-dealkylation sites (tertiary alicyclic amines) is 1. The van der Waals surface area contributed by atoms with Crippen LogP contribution in [0.2, 0.25) is 0 Å². The van der Waals surface area contributed by atoms with Crippen molar-refractivity contribution in [1.82, 2.24) is 20.2 Å². The summed E-state index contributed by atoms with van der Waals surface area (Å²) in [6.45, 7) is 12.0. The molecule has 8 rings (SSSR count). The topological polar surface area (TPSA) is 96.8 Å². The van der Waals surface area contributed by atoms with E-state index >= 15 is 0 Å². The number of aliphatic hydroxyl groups excluding tert-OH is 1. The molecular weight excluding hydrogens is 661 g/mol. The summed E-state index contributed by atoms with van der Waals surface area (Å²) in [6.07, 6.45) is 4.61. The molecule has 1 aromatic heterocycles. The zero-order valence-electron chi connectivity index (χ0n) is 31.2. The van der Waals surface area contributed by atoms with E-state index in [4.69, 9.17) is 9.47 Å². The van der Waals surface area contributed by atoms with E-state index in [0.717, 1.165) is 52.0 Å². The fraction of sp³-hybridized carbons (Fsp3) is 0.400. The Morgan fingerprint density at radius 3 is 2.40 bits per heavy atom. The van der Waals surface area contributed by atoms with Gasteiger partial charge in [-0.15, -0.1) is 0 Å². The number of carbonyl (C=O) groups is 1. The summed E-state index contributed by atoms with van der Waals surface area (Å²) in [7, 11) is 0. The number of nitrogens with zero attached hydrogens (tertiary/aromatic N) is 3. The summed E-state index contributed by atoms with van der Waals surface area (Å²) >= 11 is 0. The average Bonchev–Trinajstić information content (AvgIpc) is 3.41. The van der Waals surface area contributed by atoms with E-state index in [1.54, 1.807) is 0 Å². The highest BCUT2D eigenvalue weighted by Gasteiger charge is 2.51. The summed E-state index contributed by atoms with van der Waals surface area (Å²) in [4.78, 5) is 24.5. The molecule has 8 nitrogen and oxygen atoms in total. The molecule has 0 radical (unpaired) electrons. The van der Waals surface area contributed by atoms with Crippen LogP contribution in [0.5, 0.6) is 0 Å². The van der Waals surface area contributed by atoms with Gasteiger partial charge in [0.1, 0.15) is 5.69 Å². The molecule has 3 aliphatic rings. The van der Waals surface area contributed by atoms with Gasteiger partial charge in [0, 0.05) is 37.2 Å². The molecule has 53 heavy (non-hydrogen) atoms. The first-order valence-corrected chi connectivity index (χ1v) is 19.0. The van der Waals surface area contributed by atoms with Crippen LogP contribution < -0.4 is 5.32 Å². The van der Waals surface area contributed by atoms with Crippen LogP contribution in [0.3, 0.4) is 0 Å². The molecule has 1 saturated carbocycles. The zero-order chi connectivity index (χ0) is 36.7. The third kappa shape index (κ3) is 7.64. The van der Waals surface area contributed by atoms with Crippen molar-refractivity contribution in [3.05, 3.63) is 131 Å². The first-order valence-electron chi connectivity index (χ1n) is 19.0. The lowest BCUT2D eigenvalue weighted by Crippen LogP contribution is -2.46. The van der Waals surface area contributed by atoms with Gasteiger partial charge >= 0.3 is 0 Å². The van der Waals surface area contributed by atoms with Crippen molar-refractivity contribution in [1.29, 1.82) is 0 Å². The van der Waals surface area contributed by atoms with Gasteiger partial charge < -0.3 is 19.9 Å². The lowest BCUT2D eigenvalue weighted by molar-refractivity contribution is -0.276. The van der Waals surface area contributed by atoms with Crippen LogP contribution in [0.1, 0.15) is 92.1 Å². The standard InChI is InChI=1S/C45H50N4O4/c1-29-40(25-49-28-45(4)22-36(49)21-44(2,3)27-45)52-43(53-41(29)33-14-12-30(26-50)13-15-33)34-18-16-32(17-19-34)35-9-7-8-31(20-35)23-47-42(51)39-24-46-37-10-5-6-11-38(37)48-39/h5-20,24,29,36,40-41,43,50H,21-23,25-28H2,1-4H3,(H,47,51)/t29-,36?,40+,41+,43+,45?/m1/s1. The van der Waals surface area contributed by atoms with Crippen molar-refractivity contribution < 1.29 is 19.4 Å². The second kappa shape index (κ2) is 14.4. The Balaban J connectivity index is 0.983. The Kier molecular flexibility index (Phi) is 9.66. The van der Waals surface area contributed by atoms with Crippen molar-refractivity contribution in [2.45, 2.75) is 84.6 Å². The molecule has 2 N–H and O–H groups in total. The van der Waals surface area contributed by atoms with Crippen molar-refractivity contribution in [2.24, 2.45) is 16.7 Å². The van der Waals surface area contributed by atoms with E-state index in [0.29, 0.717) is 34.6 Å². The maximum absolute atomic E-state index is 12.9. The number of carbonyl (C=O) groups excluding carboxylic acids is 1. The number of hydrogen-bond donors (Lipinski definition) is 2. The molecule has 2 unspecified atom stereocenters. The minimum absolute atomic E-state index is 0.00510. The van der Waals surface area contributed by atoms with Gasteiger partial charge in [-0.1, -0.05) is 107 Å². The fourth-order valence-electron chi connectivity index (χ4n) is 9.38. The minimum Gasteiger partial charge on any atom is -0.392 e. The highest BCUT2D eigenvalue weighted by molar-refractivity contribution is 5.93. The normalized spacial score (nSPS) is 26.8. The highest BCUT2D eigenvalue weighted by Crippen LogP contribution is 2.53. The van der Waals surface area contributed by atoms with E-state index in [2.05, 4.69) is 96.4 Å². The lowest BCUT2D eigenvalue weighted by Gasteiger charge is -2.43. The Labute approximate surface area is 312 Å². The first kappa shape index (κ1) is 35.6. The quantitative estimate of drug-likeness (QED) is 0.159. The van der Waals surface area contributed by atoms with Crippen molar-refractivity contribution >= 4 is 16.9 Å². The zero-order valence-corrected chi connectivity index (χ0v) is 31.2. The van der Waals surface area contributed by atoms with E-state index in [1.807, 2.05) is 48.5 Å². The fourth-order valence-corrected chi connectivity index (χ4v) is 9.38. The van der Waals surface area contributed by atoms with Crippen LogP contribution in [0.4, 0.5) is 0 Å². The molecule has 5 aromatic rings. The molecule has 1 aliphatic carbocycles. The number of fused-ring (bicyclic) bond motifs is 3. The predicted molar refractivity (Wildman–Crippen MR) is 207 cm³/mol. The number of nitrogens with one attached hydrogen (secondary N) is 1. The maximum atomic E-state index is 12.9. The summed E-state index contributed by atoms with van der Waals surface area (Å²) in [6, 6.07) is 32.9. The Bertz CT molecular complexity index is 2080. The molecule has 2 saturated heterocycles. The molecule has 2 bridgehead atoms. The highest BCUT2D eigenvalue weighted by atomic mass is 16.7. The summed E-state index contributed by atoms with van der Waals surface area (Å²) < 4.78 is 13.7. The number of benzene rings is 4. The number of rotatable bonds is 9. The largest absolute Gasteiger partial charge is 0.392 e. The van der Waals surface area contributed by atoms with Gasteiger partial charge in [-0.2, -0.15) is 0 Å². The van der Waals surface area contributed by atoms with Gasteiger partial charge in [-0.05, 0) is 76.1 Å². The average molecular weight is 711 g/mol. The maximum Gasteiger partial charge on any atom is 0.271 e. The van der Waals surface area contributed by atoms with Crippen molar-refractivity contribution in [2.75, 3.05) is 13.1 Å². The predicted octanol–water partition coefficient (Wildman–Crippen LogP) is 8.41. The van der Waals surface area contributed by atoms with Crippen LogP contribution in [0.15, 0.2) is 103 Å². The third-order valence-electron chi connectivity index (χ3n) is 11.6. The lowest BCUT2D eigenvalue weighted by atomic mass is 9.65. The molecular formula is C45H50N4O4. The molecule has 8 heteroatoms. The number of aromatic nitrogens is 2. The SMILES string of the molecule is C[C@@H]1[C@H](CN2CC3(C)CC2CC(C)(C)C3)O[C@H](c2ccc(-c3cccc(CNC(=O)c4cnc5ccccc5n4)c3)cc2)O[C@@H]1c1ccc(CO)cc1. The molecule has 1 amide bonds. The number of hydrogen-bond acceptors (Lipinski definition) is 7. The molecule has 2 aliphatic heterocycles. The van der Waals surface area contributed by atoms with Crippen LogP contribution >= 0.6 is 0 Å². The molecule has 4 aromatic carbocycles. The molecule has 6 atom stereocenters. The van der Waals surface area contributed by atoms with Gasteiger partial charge in [0.15, 0.2) is 6.29 Å². The molecule has 3 fully saturated rings. The Morgan fingerprint density at radius 1 is 0.868 bits per heavy atom. The number of amides is 1. The van der Waals surface area contributed by atoms with Crippen molar-refractivity contribution in [3.63, 3.8) is 0 Å². The number of ether oxygens (including phenoxy) is 2.